The lowest BCUT2D eigenvalue weighted by atomic mass is 9.90. The van der Waals surface area contributed by atoms with Crippen LogP contribution < -0.4 is 0 Å². The highest BCUT2D eigenvalue weighted by atomic mass is 32.2. The van der Waals surface area contributed by atoms with E-state index in [1.807, 2.05) is 0 Å². The lowest BCUT2D eigenvalue weighted by molar-refractivity contribution is 0.112. The Kier molecular flexibility index (Phi) is 3.20. The van der Waals surface area contributed by atoms with Crippen molar-refractivity contribution in [2.75, 3.05) is 13.3 Å². The van der Waals surface area contributed by atoms with E-state index in [0.29, 0.717) is 0 Å². The van der Waals surface area contributed by atoms with Gasteiger partial charge in [0.1, 0.15) is 0 Å². The molecule has 2 heteroatoms. The lowest BCUT2D eigenvalue weighted by Crippen LogP contribution is -2.42. The molecule has 2 unspecified atom stereocenters. The normalized spacial score (nSPS) is 35.3. The lowest BCUT2D eigenvalue weighted by Gasteiger charge is -2.38. The van der Waals surface area contributed by atoms with Crippen LogP contribution in [0.5, 0.6) is 0 Å². The van der Waals surface area contributed by atoms with Crippen molar-refractivity contribution in [1.29, 1.82) is 0 Å². The minimum atomic E-state index is 0.905. The molecule has 2 aliphatic carbocycles. The van der Waals surface area contributed by atoms with E-state index in [1.54, 1.807) is 0 Å². The first kappa shape index (κ1) is 9.85. The third-order valence-electron chi connectivity index (χ3n) is 3.92. The minimum absolute atomic E-state index is 0.905. The van der Waals surface area contributed by atoms with Gasteiger partial charge < -0.3 is 4.90 Å². The van der Waals surface area contributed by atoms with Crippen molar-refractivity contribution in [2.45, 2.75) is 55.9 Å². The van der Waals surface area contributed by atoms with Gasteiger partial charge in [-0.2, -0.15) is 11.8 Å². The van der Waals surface area contributed by atoms with Crippen molar-refractivity contribution in [2.24, 2.45) is 0 Å². The fourth-order valence-corrected chi connectivity index (χ4v) is 3.38. The Morgan fingerprint density at radius 1 is 1.08 bits per heavy atom. The van der Waals surface area contributed by atoms with E-state index < -0.39 is 0 Å². The highest BCUT2D eigenvalue weighted by molar-refractivity contribution is 7.99. The molecule has 76 valence electrons. The van der Waals surface area contributed by atoms with Gasteiger partial charge in [-0.15, -0.1) is 0 Å². The molecule has 0 aromatic heterocycles. The maximum absolute atomic E-state index is 2.67. The van der Waals surface area contributed by atoms with Crippen molar-refractivity contribution in [3.8, 4) is 0 Å². The van der Waals surface area contributed by atoms with Crippen molar-refractivity contribution in [3.63, 3.8) is 0 Å². The summed E-state index contributed by atoms with van der Waals surface area (Å²) in [5, 5.41) is 0.951. The standard InChI is InChI=1S/C11H21NS/c1-12(9-4-3-5-9)10-6-7-11(8-10)13-2/h9-11H,3-8H2,1-2H3. The van der Waals surface area contributed by atoms with Crippen molar-refractivity contribution >= 4 is 11.8 Å². The zero-order valence-corrected chi connectivity index (χ0v) is 9.65. The molecule has 0 amide bonds. The van der Waals surface area contributed by atoms with Crippen LogP contribution >= 0.6 is 11.8 Å². The van der Waals surface area contributed by atoms with Gasteiger partial charge in [-0.3, -0.25) is 0 Å². The first-order valence-corrected chi connectivity index (χ1v) is 6.84. The summed E-state index contributed by atoms with van der Waals surface area (Å²) in [7, 11) is 2.34. The summed E-state index contributed by atoms with van der Waals surface area (Å²) in [6, 6.07) is 1.84. The summed E-state index contributed by atoms with van der Waals surface area (Å²) < 4.78 is 0. The van der Waals surface area contributed by atoms with Gasteiger partial charge in [0, 0.05) is 17.3 Å². The molecular weight excluding hydrogens is 178 g/mol. The van der Waals surface area contributed by atoms with Crippen molar-refractivity contribution in [1.82, 2.24) is 4.90 Å². The molecule has 0 aromatic carbocycles. The fourth-order valence-electron chi connectivity index (χ4n) is 2.59. The van der Waals surface area contributed by atoms with Gasteiger partial charge in [0.25, 0.3) is 0 Å². The maximum atomic E-state index is 2.67. The molecule has 0 aromatic rings. The number of thioether (sulfide) groups is 1. The monoisotopic (exact) mass is 199 g/mol. The summed E-state index contributed by atoms with van der Waals surface area (Å²) in [6.45, 7) is 0. The smallest absolute Gasteiger partial charge is 0.0106 e. The molecule has 0 N–H and O–H groups in total. The third-order valence-corrected chi connectivity index (χ3v) is 5.01. The second-order valence-corrected chi connectivity index (χ2v) is 5.71. The molecule has 0 bridgehead atoms. The Morgan fingerprint density at radius 2 is 1.85 bits per heavy atom. The molecule has 2 saturated carbocycles. The summed E-state index contributed by atoms with van der Waals surface area (Å²) in [5.74, 6) is 0. The molecular formula is C11H21NS. The molecule has 13 heavy (non-hydrogen) atoms. The van der Waals surface area contributed by atoms with Gasteiger partial charge in [0.05, 0.1) is 0 Å². The zero-order valence-electron chi connectivity index (χ0n) is 8.83. The van der Waals surface area contributed by atoms with Crippen LogP contribution in [0.3, 0.4) is 0 Å². The second kappa shape index (κ2) is 4.22. The highest BCUT2D eigenvalue weighted by Crippen LogP contribution is 2.34. The van der Waals surface area contributed by atoms with Crippen molar-refractivity contribution in [3.05, 3.63) is 0 Å². The minimum Gasteiger partial charge on any atom is -0.300 e. The van der Waals surface area contributed by atoms with Crippen LogP contribution in [0.25, 0.3) is 0 Å². The molecule has 0 heterocycles. The molecule has 2 rings (SSSR count). The van der Waals surface area contributed by atoms with Crippen LogP contribution in [0.4, 0.5) is 0 Å². The number of hydrogen-bond acceptors (Lipinski definition) is 2. The van der Waals surface area contributed by atoms with Gasteiger partial charge in [-0.05, 0) is 45.4 Å². The van der Waals surface area contributed by atoms with E-state index >= 15 is 0 Å². The molecule has 0 saturated heterocycles. The molecule has 2 aliphatic rings. The van der Waals surface area contributed by atoms with Crippen LogP contribution in [0.15, 0.2) is 0 Å². The average molecular weight is 199 g/mol. The van der Waals surface area contributed by atoms with E-state index in [4.69, 9.17) is 0 Å². The van der Waals surface area contributed by atoms with E-state index in [2.05, 4.69) is 30.0 Å². The number of rotatable bonds is 3. The summed E-state index contributed by atoms with van der Waals surface area (Å²) in [5.41, 5.74) is 0. The molecule has 1 nitrogen and oxygen atoms in total. The predicted molar refractivity (Wildman–Crippen MR) is 60.3 cm³/mol. The molecule has 2 fully saturated rings. The Bertz CT molecular complexity index is 167. The number of nitrogens with zero attached hydrogens (tertiary/aromatic N) is 1. The van der Waals surface area contributed by atoms with Gasteiger partial charge in [0.2, 0.25) is 0 Å². The van der Waals surface area contributed by atoms with Gasteiger partial charge >= 0.3 is 0 Å². The van der Waals surface area contributed by atoms with Crippen LogP contribution in [0.1, 0.15) is 38.5 Å². The van der Waals surface area contributed by atoms with Crippen LogP contribution in [0.2, 0.25) is 0 Å². The van der Waals surface area contributed by atoms with Gasteiger partial charge in [0.15, 0.2) is 0 Å². The Morgan fingerprint density at radius 3 is 2.31 bits per heavy atom. The molecule has 0 spiro atoms. The van der Waals surface area contributed by atoms with Crippen molar-refractivity contribution < 1.29 is 0 Å². The maximum Gasteiger partial charge on any atom is 0.0106 e. The highest BCUT2D eigenvalue weighted by Gasteiger charge is 2.32. The summed E-state index contributed by atoms with van der Waals surface area (Å²) >= 11 is 2.06. The van der Waals surface area contributed by atoms with E-state index in [0.717, 1.165) is 17.3 Å². The van der Waals surface area contributed by atoms with Crippen LogP contribution in [-0.2, 0) is 0 Å². The third kappa shape index (κ3) is 2.04. The van der Waals surface area contributed by atoms with Crippen LogP contribution in [-0.4, -0.2) is 35.5 Å². The van der Waals surface area contributed by atoms with E-state index in [-0.39, 0.29) is 0 Å². The largest absolute Gasteiger partial charge is 0.300 e. The second-order valence-electron chi connectivity index (χ2n) is 4.57. The molecule has 0 aliphatic heterocycles. The van der Waals surface area contributed by atoms with E-state index in [9.17, 15) is 0 Å². The van der Waals surface area contributed by atoms with Crippen LogP contribution in [0, 0.1) is 0 Å². The molecule has 0 radical (unpaired) electrons. The fraction of sp³-hybridized carbons (Fsp3) is 1.00. The SMILES string of the molecule is CSC1CCC(N(C)C2CCC2)C1. The van der Waals surface area contributed by atoms with Gasteiger partial charge in [-0.1, -0.05) is 6.42 Å². The summed E-state index contributed by atoms with van der Waals surface area (Å²) in [6.07, 6.45) is 11.0. The Labute approximate surface area is 86.3 Å². The number of hydrogen-bond donors (Lipinski definition) is 0. The van der Waals surface area contributed by atoms with E-state index in [1.165, 1.54) is 38.5 Å². The predicted octanol–water partition coefficient (Wildman–Crippen LogP) is 2.75. The topological polar surface area (TPSA) is 3.24 Å². The Balaban J connectivity index is 1.80. The molecule has 2 atom stereocenters. The zero-order chi connectivity index (χ0) is 9.26. The average Bonchev–Trinajstić information content (AvgIpc) is 2.48. The first-order chi connectivity index (χ1) is 6.31. The summed E-state index contributed by atoms with van der Waals surface area (Å²) in [4.78, 5) is 2.67. The van der Waals surface area contributed by atoms with Gasteiger partial charge in [-0.25, -0.2) is 0 Å². The quantitative estimate of drug-likeness (QED) is 0.687. The first-order valence-electron chi connectivity index (χ1n) is 5.56. The Hall–Kier alpha value is 0.310.